The number of carbonyl (C=O) groups is 1. The van der Waals surface area contributed by atoms with Crippen LogP contribution >= 0.6 is 0 Å². The number of benzene rings is 1. The van der Waals surface area contributed by atoms with E-state index in [1.54, 1.807) is 13.0 Å². The molecular weight excluding hydrogens is 327 g/mol. The van der Waals surface area contributed by atoms with Gasteiger partial charge in [-0.25, -0.2) is 4.39 Å². The molecule has 2 aliphatic rings. The van der Waals surface area contributed by atoms with E-state index in [0.717, 1.165) is 11.5 Å². The number of ether oxygens (including phenoxy) is 4. The first-order chi connectivity index (χ1) is 12.0. The molecule has 1 aliphatic carbocycles. The smallest absolute Gasteiger partial charge is 0.293 e. The monoisotopic (exact) mass is 356 g/mol. The molecule has 1 heterocycles. The molecule has 25 heavy (non-hydrogen) atoms. The topological polar surface area (TPSA) is 54.0 Å². The quantitative estimate of drug-likeness (QED) is 0.745. The molecule has 6 heteroatoms. The van der Waals surface area contributed by atoms with Gasteiger partial charge in [-0.1, -0.05) is 26.7 Å². The molecule has 1 aromatic carbocycles. The van der Waals surface area contributed by atoms with Crippen molar-refractivity contribution in [2.75, 3.05) is 26.9 Å². The number of hydrogen-bond donors (Lipinski definition) is 0. The lowest BCUT2D eigenvalue weighted by molar-refractivity contribution is -0.168. The molecule has 1 saturated heterocycles. The van der Waals surface area contributed by atoms with Crippen LogP contribution in [0.4, 0.5) is 4.39 Å². The molecule has 0 aromatic heterocycles. The fraction of sp³-hybridized carbons (Fsp3) is 0.632. The second-order valence-corrected chi connectivity index (χ2v) is 5.88. The molecule has 1 aliphatic heterocycles. The van der Waals surface area contributed by atoms with E-state index < -0.39 is 5.79 Å². The molecule has 1 aromatic rings. The van der Waals surface area contributed by atoms with Crippen LogP contribution < -0.4 is 4.74 Å². The standard InChI is InChI=1S/C12H15FO3.C4H8.C3H6O2/c1-3-12(15-6-7-16-12)10-5-4-9(13)8-11(10)14-2;1-4-2-3-4;1-2-5-3-4/h4-5,8H,3,6-7H2,1-2H3;4H,2-3H2,1H3;3H,2H2,1H3. The largest absolute Gasteiger partial charge is 0.496 e. The third-order valence-corrected chi connectivity index (χ3v) is 3.89. The highest BCUT2D eigenvalue weighted by molar-refractivity contribution is 5.38. The number of rotatable bonds is 5. The summed E-state index contributed by atoms with van der Waals surface area (Å²) in [5.41, 5.74) is 0.747. The summed E-state index contributed by atoms with van der Waals surface area (Å²) in [5.74, 6) is 0.438. The molecule has 0 amide bonds. The summed E-state index contributed by atoms with van der Waals surface area (Å²) in [4.78, 5) is 9.18. The summed E-state index contributed by atoms with van der Waals surface area (Å²) in [6.07, 6.45) is 3.63. The maximum absolute atomic E-state index is 13.1. The van der Waals surface area contributed by atoms with E-state index in [2.05, 4.69) is 11.7 Å². The summed E-state index contributed by atoms with van der Waals surface area (Å²) >= 11 is 0. The van der Waals surface area contributed by atoms with Crippen LogP contribution in [-0.4, -0.2) is 33.4 Å². The van der Waals surface area contributed by atoms with E-state index >= 15 is 0 Å². The number of carbonyl (C=O) groups excluding carboxylic acids is 1. The van der Waals surface area contributed by atoms with Crippen LogP contribution in [0, 0.1) is 11.7 Å². The van der Waals surface area contributed by atoms with Gasteiger partial charge in [0.1, 0.15) is 11.6 Å². The maximum Gasteiger partial charge on any atom is 0.293 e. The van der Waals surface area contributed by atoms with Gasteiger partial charge in [0, 0.05) is 12.5 Å². The van der Waals surface area contributed by atoms with Crippen molar-refractivity contribution in [2.24, 2.45) is 5.92 Å². The van der Waals surface area contributed by atoms with Crippen LogP contribution in [0.5, 0.6) is 5.75 Å². The predicted octanol–water partition coefficient (Wildman–Crippen LogP) is 4.04. The lowest BCUT2D eigenvalue weighted by atomic mass is 10.0. The molecule has 3 rings (SSSR count). The zero-order valence-corrected chi connectivity index (χ0v) is 15.5. The Hall–Kier alpha value is -1.66. The Morgan fingerprint density at radius 3 is 2.24 bits per heavy atom. The Labute approximate surface area is 149 Å². The SMILES string of the molecule is CC1CC1.CCC1(c2ccc(F)cc2OC)OCCO1.CCOC=O. The van der Waals surface area contributed by atoms with Crippen LogP contribution in [0.2, 0.25) is 0 Å². The second-order valence-electron chi connectivity index (χ2n) is 5.88. The summed E-state index contributed by atoms with van der Waals surface area (Å²) in [6.45, 7) is 8.01. The van der Waals surface area contributed by atoms with E-state index in [-0.39, 0.29) is 5.82 Å². The Morgan fingerprint density at radius 2 is 1.88 bits per heavy atom. The van der Waals surface area contributed by atoms with Gasteiger partial charge in [0.15, 0.2) is 5.79 Å². The minimum absolute atomic E-state index is 0.329. The van der Waals surface area contributed by atoms with Gasteiger partial charge in [-0.2, -0.15) is 0 Å². The number of hydrogen-bond acceptors (Lipinski definition) is 5. The normalized spacial score (nSPS) is 17.5. The minimum atomic E-state index is -0.779. The Bertz CT molecular complexity index is 511. The Balaban J connectivity index is 0.000000285. The third-order valence-electron chi connectivity index (χ3n) is 3.89. The minimum Gasteiger partial charge on any atom is -0.496 e. The zero-order valence-electron chi connectivity index (χ0n) is 15.5. The average Bonchev–Trinajstić information content (AvgIpc) is 3.25. The zero-order chi connectivity index (χ0) is 18.7. The van der Waals surface area contributed by atoms with Crippen molar-refractivity contribution >= 4 is 6.47 Å². The summed E-state index contributed by atoms with van der Waals surface area (Å²) in [7, 11) is 1.51. The van der Waals surface area contributed by atoms with Gasteiger partial charge in [-0.15, -0.1) is 0 Å². The van der Waals surface area contributed by atoms with Crippen LogP contribution in [0.1, 0.15) is 45.6 Å². The number of halogens is 1. The fourth-order valence-corrected chi connectivity index (χ4v) is 2.22. The highest BCUT2D eigenvalue weighted by atomic mass is 19.1. The van der Waals surface area contributed by atoms with E-state index in [1.807, 2.05) is 6.92 Å². The van der Waals surface area contributed by atoms with Gasteiger partial charge in [0.25, 0.3) is 6.47 Å². The maximum atomic E-state index is 13.1. The van der Waals surface area contributed by atoms with Crippen molar-refractivity contribution in [2.45, 2.75) is 45.8 Å². The molecule has 0 spiro atoms. The summed E-state index contributed by atoms with van der Waals surface area (Å²) < 4.78 is 33.7. The van der Waals surface area contributed by atoms with Crippen molar-refractivity contribution in [3.63, 3.8) is 0 Å². The van der Waals surface area contributed by atoms with Gasteiger partial charge in [0.2, 0.25) is 0 Å². The molecule has 0 atom stereocenters. The third kappa shape index (κ3) is 7.00. The van der Waals surface area contributed by atoms with E-state index in [0.29, 0.717) is 38.5 Å². The fourth-order valence-electron chi connectivity index (χ4n) is 2.22. The van der Waals surface area contributed by atoms with Gasteiger partial charge in [-0.3, -0.25) is 4.79 Å². The van der Waals surface area contributed by atoms with Crippen LogP contribution in [0.3, 0.4) is 0 Å². The van der Waals surface area contributed by atoms with Gasteiger partial charge < -0.3 is 18.9 Å². The summed E-state index contributed by atoms with van der Waals surface area (Å²) in [5, 5.41) is 0. The van der Waals surface area contributed by atoms with Gasteiger partial charge in [0.05, 0.1) is 32.5 Å². The van der Waals surface area contributed by atoms with Gasteiger partial charge in [-0.05, 0) is 25.0 Å². The molecule has 142 valence electrons. The number of methoxy groups -OCH3 is 1. The van der Waals surface area contributed by atoms with Crippen molar-refractivity contribution in [1.29, 1.82) is 0 Å². The first-order valence-corrected chi connectivity index (χ1v) is 8.70. The van der Waals surface area contributed by atoms with Crippen molar-refractivity contribution in [3.8, 4) is 5.75 Å². The van der Waals surface area contributed by atoms with Gasteiger partial charge >= 0.3 is 0 Å². The Kier molecular flexibility index (Phi) is 9.45. The van der Waals surface area contributed by atoms with E-state index in [1.165, 1.54) is 32.1 Å². The van der Waals surface area contributed by atoms with Crippen molar-refractivity contribution in [1.82, 2.24) is 0 Å². The van der Waals surface area contributed by atoms with E-state index in [9.17, 15) is 9.18 Å². The lowest BCUT2D eigenvalue weighted by Gasteiger charge is -2.27. The second kappa shape index (κ2) is 11.1. The molecule has 5 nitrogen and oxygen atoms in total. The molecular formula is C19H29FO5. The Morgan fingerprint density at radius 1 is 1.28 bits per heavy atom. The molecule has 2 fully saturated rings. The lowest BCUT2D eigenvalue weighted by Crippen LogP contribution is -2.26. The summed E-state index contributed by atoms with van der Waals surface area (Å²) in [6, 6.07) is 4.39. The molecule has 0 N–H and O–H groups in total. The molecule has 0 unspecified atom stereocenters. The predicted molar refractivity (Wildman–Crippen MR) is 92.9 cm³/mol. The highest BCUT2D eigenvalue weighted by Crippen LogP contribution is 2.39. The average molecular weight is 356 g/mol. The molecule has 1 saturated carbocycles. The highest BCUT2D eigenvalue weighted by Gasteiger charge is 2.39. The van der Waals surface area contributed by atoms with Crippen LogP contribution in [0.25, 0.3) is 0 Å². The van der Waals surface area contributed by atoms with Crippen LogP contribution in [0.15, 0.2) is 18.2 Å². The first-order valence-electron chi connectivity index (χ1n) is 8.70. The van der Waals surface area contributed by atoms with E-state index in [4.69, 9.17) is 14.2 Å². The molecule has 0 bridgehead atoms. The first kappa shape index (κ1) is 21.4. The molecule has 0 radical (unpaired) electrons. The van der Waals surface area contributed by atoms with Crippen LogP contribution in [-0.2, 0) is 24.8 Å². The van der Waals surface area contributed by atoms with Crippen molar-refractivity contribution < 1.29 is 28.1 Å². The van der Waals surface area contributed by atoms with Crippen molar-refractivity contribution in [3.05, 3.63) is 29.6 Å².